The van der Waals surface area contributed by atoms with Gasteiger partial charge in [-0.15, -0.1) is 36.2 Å². The first-order chi connectivity index (χ1) is 8.16. The van der Waals surface area contributed by atoms with E-state index < -0.39 is 0 Å². The monoisotopic (exact) mass is 325 g/mol. The van der Waals surface area contributed by atoms with Crippen LogP contribution in [0.25, 0.3) is 0 Å². The number of aryl methyl sites for hydroxylation is 1. The molecule has 1 saturated heterocycles. The minimum absolute atomic E-state index is 0. The average Bonchev–Trinajstić information content (AvgIpc) is 2.72. The van der Waals surface area contributed by atoms with Gasteiger partial charge in [0.25, 0.3) is 0 Å². The normalized spacial score (nSPS) is 21.3. The molecule has 0 spiro atoms. The van der Waals surface area contributed by atoms with E-state index in [-0.39, 0.29) is 24.8 Å². The van der Waals surface area contributed by atoms with Crippen LogP contribution in [0.15, 0.2) is 5.51 Å². The van der Waals surface area contributed by atoms with E-state index in [9.17, 15) is 0 Å². The first kappa shape index (κ1) is 19.1. The number of likely N-dealkylation sites (tertiary alicyclic amines) is 1. The van der Waals surface area contributed by atoms with Crippen LogP contribution in [0.1, 0.15) is 30.3 Å². The molecular weight excluding hydrogens is 301 g/mol. The van der Waals surface area contributed by atoms with Crippen LogP contribution in [0.4, 0.5) is 0 Å². The summed E-state index contributed by atoms with van der Waals surface area (Å²) in [5.74, 6) is 0.686. The zero-order valence-electron chi connectivity index (χ0n) is 11.7. The SMILES string of the molecule is Cc1ncsc1CCN1CCCC(C(C)N)C1.Cl.Cl. The molecule has 112 valence electrons. The highest BCUT2D eigenvalue weighted by Crippen LogP contribution is 2.20. The van der Waals surface area contributed by atoms with Gasteiger partial charge in [0.05, 0.1) is 11.2 Å². The molecule has 6 heteroatoms. The molecule has 0 radical (unpaired) electrons. The number of hydrogen-bond acceptors (Lipinski definition) is 4. The number of nitrogens with two attached hydrogens (primary N) is 1. The number of nitrogens with zero attached hydrogens (tertiary/aromatic N) is 2. The lowest BCUT2D eigenvalue weighted by molar-refractivity contribution is 0.163. The minimum Gasteiger partial charge on any atom is -0.328 e. The van der Waals surface area contributed by atoms with Gasteiger partial charge in [-0.2, -0.15) is 0 Å². The van der Waals surface area contributed by atoms with Crippen molar-refractivity contribution in [2.24, 2.45) is 11.7 Å². The van der Waals surface area contributed by atoms with Crippen molar-refractivity contribution in [2.75, 3.05) is 19.6 Å². The lowest BCUT2D eigenvalue weighted by atomic mass is 9.92. The summed E-state index contributed by atoms with van der Waals surface area (Å²) in [5.41, 5.74) is 9.16. The molecule has 19 heavy (non-hydrogen) atoms. The van der Waals surface area contributed by atoms with Crippen molar-refractivity contribution in [3.63, 3.8) is 0 Å². The van der Waals surface area contributed by atoms with Crippen molar-refractivity contribution in [1.82, 2.24) is 9.88 Å². The van der Waals surface area contributed by atoms with Crippen molar-refractivity contribution >= 4 is 36.2 Å². The summed E-state index contributed by atoms with van der Waals surface area (Å²) in [4.78, 5) is 8.31. The minimum atomic E-state index is 0. The largest absolute Gasteiger partial charge is 0.328 e. The zero-order chi connectivity index (χ0) is 12.3. The maximum absolute atomic E-state index is 6.01. The van der Waals surface area contributed by atoms with Crippen LogP contribution >= 0.6 is 36.2 Å². The van der Waals surface area contributed by atoms with Crippen LogP contribution in [0, 0.1) is 12.8 Å². The van der Waals surface area contributed by atoms with E-state index >= 15 is 0 Å². The van der Waals surface area contributed by atoms with Crippen molar-refractivity contribution in [3.8, 4) is 0 Å². The fourth-order valence-electron chi connectivity index (χ4n) is 2.55. The Morgan fingerprint density at radius 1 is 1.53 bits per heavy atom. The molecule has 1 aromatic rings. The van der Waals surface area contributed by atoms with Gasteiger partial charge in [-0.25, -0.2) is 4.98 Å². The summed E-state index contributed by atoms with van der Waals surface area (Å²) in [7, 11) is 0. The van der Waals surface area contributed by atoms with E-state index in [0.717, 1.165) is 13.0 Å². The number of hydrogen-bond donors (Lipinski definition) is 1. The maximum Gasteiger partial charge on any atom is 0.0797 e. The first-order valence-corrected chi connectivity index (χ1v) is 7.41. The Kier molecular flexibility index (Phi) is 9.20. The van der Waals surface area contributed by atoms with E-state index in [0.29, 0.717) is 12.0 Å². The Labute approximate surface area is 132 Å². The van der Waals surface area contributed by atoms with Crippen molar-refractivity contribution in [3.05, 3.63) is 16.1 Å². The van der Waals surface area contributed by atoms with Gasteiger partial charge < -0.3 is 10.6 Å². The topological polar surface area (TPSA) is 42.2 Å². The Morgan fingerprint density at radius 2 is 2.26 bits per heavy atom. The van der Waals surface area contributed by atoms with Gasteiger partial charge in [-0.3, -0.25) is 0 Å². The van der Waals surface area contributed by atoms with Gasteiger partial charge in [-0.05, 0) is 45.6 Å². The molecule has 3 nitrogen and oxygen atoms in total. The van der Waals surface area contributed by atoms with Gasteiger partial charge >= 0.3 is 0 Å². The fourth-order valence-corrected chi connectivity index (χ4v) is 3.32. The lowest BCUT2D eigenvalue weighted by Gasteiger charge is -2.34. The molecule has 1 aromatic heterocycles. The summed E-state index contributed by atoms with van der Waals surface area (Å²) in [6.45, 7) is 7.82. The Bertz CT molecular complexity index is 357. The molecule has 2 atom stereocenters. The Morgan fingerprint density at radius 3 is 2.84 bits per heavy atom. The zero-order valence-corrected chi connectivity index (χ0v) is 14.1. The van der Waals surface area contributed by atoms with Crippen LogP contribution in [-0.4, -0.2) is 35.6 Å². The van der Waals surface area contributed by atoms with Gasteiger partial charge in [0.15, 0.2) is 0 Å². The molecule has 2 unspecified atom stereocenters. The second-order valence-electron chi connectivity index (χ2n) is 5.17. The second-order valence-corrected chi connectivity index (χ2v) is 6.11. The maximum atomic E-state index is 6.01. The third-order valence-corrected chi connectivity index (χ3v) is 4.78. The highest BCUT2D eigenvalue weighted by molar-refractivity contribution is 7.09. The third-order valence-electron chi connectivity index (χ3n) is 3.79. The number of aromatic nitrogens is 1. The van der Waals surface area contributed by atoms with Gasteiger partial charge in [-0.1, -0.05) is 0 Å². The quantitative estimate of drug-likeness (QED) is 0.925. The van der Waals surface area contributed by atoms with Crippen molar-refractivity contribution in [2.45, 2.75) is 39.2 Å². The number of thiazole rings is 1. The summed E-state index contributed by atoms with van der Waals surface area (Å²) in [5, 5.41) is 0. The van der Waals surface area contributed by atoms with E-state index in [1.54, 1.807) is 11.3 Å². The highest BCUT2D eigenvalue weighted by atomic mass is 35.5. The fraction of sp³-hybridized carbons (Fsp3) is 0.769. The molecule has 0 amide bonds. The van der Waals surface area contributed by atoms with Gasteiger partial charge in [0.1, 0.15) is 0 Å². The molecule has 1 aliphatic heterocycles. The molecule has 0 aromatic carbocycles. The predicted octanol–water partition coefficient (Wildman–Crippen LogP) is 2.90. The predicted molar refractivity (Wildman–Crippen MR) is 87.9 cm³/mol. The molecule has 2 rings (SSSR count). The van der Waals surface area contributed by atoms with E-state index in [1.165, 1.54) is 36.5 Å². The van der Waals surface area contributed by atoms with E-state index in [1.807, 2.05) is 5.51 Å². The van der Waals surface area contributed by atoms with Crippen molar-refractivity contribution < 1.29 is 0 Å². The molecule has 2 N–H and O–H groups in total. The smallest absolute Gasteiger partial charge is 0.0797 e. The van der Waals surface area contributed by atoms with E-state index in [4.69, 9.17) is 5.73 Å². The lowest BCUT2D eigenvalue weighted by Crippen LogP contribution is -2.43. The van der Waals surface area contributed by atoms with Crippen LogP contribution in [0.5, 0.6) is 0 Å². The molecule has 0 saturated carbocycles. The molecule has 0 bridgehead atoms. The molecule has 1 aliphatic rings. The number of halogens is 2. The van der Waals surface area contributed by atoms with Crippen molar-refractivity contribution in [1.29, 1.82) is 0 Å². The van der Waals surface area contributed by atoms with Crippen LogP contribution in [-0.2, 0) is 6.42 Å². The molecule has 0 aliphatic carbocycles. The van der Waals surface area contributed by atoms with Crippen LogP contribution < -0.4 is 5.73 Å². The summed E-state index contributed by atoms with van der Waals surface area (Å²) in [6, 6.07) is 0.336. The standard InChI is InChI=1S/C13H23N3S.2ClH/c1-10(14)12-4-3-6-16(8-12)7-5-13-11(2)15-9-17-13;;/h9-10,12H,3-8,14H2,1-2H3;2*1H. The second kappa shape index (κ2) is 9.14. The average molecular weight is 326 g/mol. The molecule has 1 fully saturated rings. The van der Waals surface area contributed by atoms with Crippen LogP contribution in [0.3, 0.4) is 0 Å². The summed E-state index contributed by atoms with van der Waals surface area (Å²) in [6.07, 6.45) is 3.74. The summed E-state index contributed by atoms with van der Waals surface area (Å²) < 4.78 is 0. The highest BCUT2D eigenvalue weighted by Gasteiger charge is 2.22. The number of piperidine rings is 1. The van der Waals surface area contributed by atoms with E-state index in [2.05, 4.69) is 23.7 Å². The first-order valence-electron chi connectivity index (χ1n) is 6.53. The summed E-state index contributed by atoms with van der Waals surface area (Å²) >= 11 is 1.78. The molecular formula is C13H25Cl2N3S. The third kappa shape index (κ3) is 5.56. The number of rotatable bonds is 4. The Balaban J connectivity index is 0.00000162. The molecule has 2 heterocycles. The van der Waals surface area contributed by atoms with Gasteiger partial charge in [0.2, 0.25) is 0 Å². The Hall–Kier alpha value is 0.130. The van der Waals surface area contributed by atoms with Crippen LogP contribution in [0.2, 0.25) is 0 Å². The van der Waals surface area contributed by atoms with Gasteiger partial charge in [0, 0.05) is 24.0 Å².